The Labute approximate surface area is 141 Å². The molecule has 4 nitrogen and oxygen atoms in total. The van der Waals surface area contributed by atoms with Crippen molar-refractivity contribution in [2.75, 3.05) is 11.4 Å². The Bertz CT molecular complexity index is 739. The number of unbranched alkanes of at least 4 members (excludes halogenated alkanes) is 1. The summed E-state index contributed by atoms with van der Waals surface area (Å²) in [6.07, 6.45) is 1.61. The highest BCUT2D eigenvalue weighted by Crippen LogP contribution is 2.38. The molecular weight excluding hydrogens is 308 g/mol. The summed E-state index contributed by atoms with van der Waals surface area (Å²) in [4.78, 5) is 20.2. The molecule has 2 heterocycles. The SMILES string of the molecule is CCCCN1C(=O)C(C)Oc2ccc(-c3nc(C)sc3C)cc21. The van der Waals surface area contributed by atoms with Gasteiger partial charge in [0.15, 0.2) is 6.10 Å². The minimum Gasteiger partial charge on any atom is -0.479 e. The van der Waals surface area contributed by atoms with Gasteiger partial charge in [-0.25, -0.2) is 4.98 Å². The van der Waals surface area contributed by atoms with Gasteiger partial charge in [0.05, 0.1) is 16.4 Å². The number of rotatable bonds is 4. The average molecular weight is 330 g/mol. The first-order valence-corrected chi connectivity index (χ1v) is 8.89. The van der Waals surface area contributed by atoms with Crippen molar-refractivity contribution in [2.24, 2.45) is 0 Å². The minimum atomic E-state index is -0.423. The summed E-state index contributed by atoms with van der Waals surface area (Å²) >= 11 is 1.69. The number of aryl methyl sites for hydroxylation is 2. The van der Waals surface area contributed by atoms with E-state index in [1.165, 1.54) is 4.88 Å². The molecule has 1 aromatic heterocycles. The van der Waals surface area contributed by atoms with E-state index in [0.717, 1.165) is 47.1 Å². The van der Waals surface area contributed by atoms with Gasteiger partial charge >= 0.3 is 0 Å². The molecule has 1 unspecified atom stereocenters. The first kappa shape index (κ1) is 16.0. The number of ether oxygens (including phenoxy) is 1. The van der Waals surface area contributed by atoms with E-state index < -0.39 is 6.10 Å². The van der Waals surface area contributed by atoms with Crippen LogP contribution in [0, 0.1) is 13.8 Å². The summed E-state index contributed by atoms with van der Waals surface area (Å²) in [5, 5.41) is 1.05. The van der Waals surface area contributed by atoms with Crippen LogP contribution >= 0.6 is 11.3 Å². The zero-order chi connectivity index (χ0) is 16.6. The zero-order valence-corrected chi connectivity index (χ0v) is 14.9. The molecule has 5 heteroatoms. The van der Waals surface area contributed by atoms with Gasteiger partial charge in [0.1, 0.15) is 5.75 Å². The van der Waals surface area contributed by atoms with Crippen LogP contribution in [0.1, 0.15) is 36.6 Å². The number of benzene rings is 1. The molecule has 1 atom stereocenters. The lowest BCUT2D eigenvalue weighted by Crippen LogP contribution is -2.44. The van der Waals surface area contributed by atoms with E-state index in [1.54, 1.807) is 11.3 Å². The fourth-order valence-corrected chi connectivity index (χ4v) is 3.74. The fraction of sp³-hybridized carbons (Fsp3) is 0.444. The lowest BCUT2D eigenvalue weighted by Gasteiger charge is -2.33. The second-order valence-corrected chi connectivity index (χ2v) is 7.33. The monoisotopic (exact) mass is 330 g/mol. The van der Waals surface area contributed by atoms with Crippen LogP contribution in [-0.2, 0) is 4.79 Å². The number of hydrogen-bond donors (Lipinski definition) is 0. The highest BCUT2D eigenvalue weighted by molar-refractivity contribution is 7.11. The van der Waals surface area contributed by atoms with Crippen LogP contribution in [0.15, 0.2) is 18.2 Å². The van der Waals surface area contributed by atoms with Crippen molar-refractivity contribution in [3.63, 3.8) is 0 Å². The van der Waals surface area contributed by atoms with Crippen molar-refractivity contribution in [3.05, 3.63) is 28.1 Å². The summed E-state index contributed by atoms with van der Waals surface area (Å²) in [6, 6.07) is 6.03. The van der Waals surface area contributed by atoms with Crippen LogP contribution in [0.25, 0.3) is 11.3 Å². The minimum absolute atomic E-state index is 0.0364. The van der Waals surface area contributed by atoms with E-state index in [9.17, 15) is 4.79 Å². The van der Waals surface area contributed by atoms with Gasteiger partial charge in [-0.05, 0) is 45.4 Å². The van der Waals surface area contributed by atoms with Gasteiger partial charge in [-0.15, -0.1) is 11.3 Å². The number of fused-ring (bicyclic) bond motifs is 1. The molecule has 0 fully saturated rings. The number of amides is 1. The van der Waals surface area contributed by atoms with Gasteiger partial charge in [0.2, 0.25) is 0 Å². The van der Waals surface area contributed by atoms with Gasteiger partial charge in [-0.1, -0.05) is 13.3 Å². The predicted octanol–water partition coefficient (Wildman–Crippen LogP) is 4.34. The molecule has 3 rings (SSSR count). The fourth-order valence-electron chi connectivity index (χ4n) is 2.90. The lowest BCUT2D eigenvalue weighted by atomic mass is 10.1. The van der Waals surface area contributed by atoms with Crippen LogP contribution in [0.5, 0.6) is 5.75 Å². The van der Waals surface area contributed by atoms with Crippen LogP contribution in [0.4, 0.5) is 5.69 Å². The van der Waals surface area contributed by atoms with E-state index in [4.69, 9.17) is 4.74 Å². The molecule has 0 N–H and O–H groups in total. The number of aromatic nitrogens is 1. The molecule has 0 bridgehead atoms. The largest absolute Gasteiger partial charge is 0.479 e. The highest BCUT2D eigenvalue weighted by Gasteiger charge is 2.31. The van der Waals surface area contributed by atoms with Crippen molar-refractivity contribution in [1.82, 2.24) is 4.98 Å². The van der Waals surface area contributed by atoms with Gasteiger partial charge < -0.3 is 9.64 Å². The zero-order valence-electron chi connectivity index (χ0n) is 14.0. The van der Waals surface area contributed by atoms with Crippen LogP contribution < -0.4 is 9.64 Å². The third-order valence-corrected chi connectivity index (χ3v) is 4.97. The molecule has 23 heavy (non-hydrogen) atoms. The summed E-state index contributed by atoms with van der Waals surface area (Å²) in [5.74, 6) is 0.816. The number of nitrogens with zero attached hydrogens (tertiary/aromatic N) is 2. The number of carbonyl (C=O) groups excluding carboxylic acids is 1. The standard InChI is InChI=1S/C18H22N2O2S/c1-5-6-9-20-15-10-14(17-12(3)23-13(4)19-17)7-8-16(15)22-11(2)18(20)21/h7-8,10-11H,5-6,9H2,1-4H3. The Morgan fingerprint density at radius 2 is 2.13 bits per heavy atom. The Balaban J connectivity index is 2.04. The lowest BCUT2D eigenvalue weighted by molar-refractivity contribution is -0.125. The second kappa shape index (κ2) is 6.32. The highest BCUT2D eigenvalue weighted by atomic mass is 32.1. The van der Waals surface area contributed by atoms with Crippen molar-refractivity contribution in [2.45, 2.75) is 46.6 Å². The smallest absolute Gasteiger partial charge is 0.267 e. The molecular formula is C18H22N2O2S. The number of thiazole rings is 1. The summed E-state index contributed by atoms with van der Waals surface area (Å²) in [5.41, 5.74) is 2.90. The summed E-state index contributed by atoms with van der Waals surface area (Å²) in [6.45, 7) is 8.77. The number of carbonyl (C=O) groups is 1. The summed E-state index contributed by atoms with van der Waals surface area (Å²) in [7, 11) is 0. The van der Waals surface area contributed by atoms with Crippen LogP contribution in [0.3, 0.4) is 0 Å². The first-order chi connectivity index (χ1) is 11.0. The van der Waals surface area contributed by atoms with Crippen LogP contribution in [0.2, 0.25) is 0 Å². The van der Waals surface area contributed by atoms with Gasteiger partial charge in [0, 0.05) is 17.0 Å². The van der Waals surface area contributed by atoms with Crippen molar-refractivity contribution < 1.29 is 9.53 Å². The molecule has 122 valence electrons. The van der Waals surface area contributed by atoms with E-state index in [0.29, 0.717) is 0 Å². The van der Waals surface area contributed by atoms with Gasteiger partial charge in [0.25, 0.3) is 5.91 Å². The maximum atomic E-state index is 12.5. The van der Waals surface area contributed by atoms with E-state index in [-0.39, 0.29) is 5.91 Å². The molecule has 0 aliphatic carbocycles. The summed E-state index contributed by atoms with van der Waals surface area (Å²) < 4.78 is 5.77. The Kier molecular flexibility index (Phi) is 4.39. The quantitative estimate of drug-likeness (QED) is 0.837. The van der Waals surface area contributed by atoms with E-state index in [2.05, 4.69) is 18.8 Å². The third kappa shape index (κ3) is 2.98. The molecule has 0 saturated heterocycles. The van der Waals surface area contributed by atoms with Gasteiger partial charge in [-0.3, -0.25) is 4.79 Å². The third-order valence-electron chi connectivity index (χ3n) is 4.08. The molecule has 0 radical (unpaired) electrons. The topological polar surface area (TPSA) is 42.4 Å². The van der Waals surface area contributed by atoms with Crippen molar-refractivity contribution in [3.8, 4) is 17.0 Å². The Morgan fingerprint density at radius 1 is 1.35 bits per heavy atom. The first-order valence-electron chi connectivity index (χ1n) is 8.07. The maximum Gasteiger partial charge on any atom is 0.267 e. The van der Waals surface area contributed by atoms with Crippen molar-refractivity contribution in [1.29, 1.82) is 0 Å². The molecule has 1 aliphatic heterocycles. The predicted molar refractivity (Wildman–Crippen MR) is 94.4 cm³/mol. The normalized spacial score (nSPS) is 17.1. The maximum absolute atomic E-state index is 12.5. The van der Waals surface area contributed by atoms with E-state index >= 15 is 0 Å². The average Bonchev–Trinajstić information content (AvgIpc) is 2.86. The van der Waals surface area contributed by atoms with Gasteiger partial charge in [-0.2, -0.15) is 0 Å². The molecule has 1 aromatic carbocycles. The number of hydrogen-bond acceptors (Lipinski definition) is 4. The molecule has 0 spiro atoms. The molecule has 0 saturated carbocycles. The molecule has 1 aliphatic rings. The van der Waals surface area contributed by atoms with Crippen LogP contribution in [-0.4, -0.2) is 23.5 Å². The second-order valence-electron chi connectivity index (χ2n) is 5.92. The van der Waals surface area contributed by atoms with Crippen molar-refractivity contribution >= 4 is 22.9 Å². The molecule has 2 aromatic rings. The Hall–Kier alpha value is -1.88. The molecule has 1 amide bonds. The van der Waals surface area contributed by atoms with E-state index in [1.807, 2.05) is 36.9 Å². The Morgan fingerprint density at radius 3 is 2.78 bits per heavy atom. The number of anilines is 1.